The minimum atomic E-state index is -4.39. The molecule has 3 rings (SSSR count). The number of fused-ring (bicyclic) bond motifs is 1. The van der Waals surface area contributed by atoms with E-state index in [1.807, 2.05) is 0 Å². The molecule has 0 atom stereocenters. The van der Waals surface area contributed by atoms with Crippen LogP contribution in [0.4, 0.5) is 23.7 Å². The molecular formula is C17H16F3N5O2S. The summed E-state index contributed by atoms with van der Waals surface area (Å²) in [6.07, 6.45) is -1.45. The Kier molecular flexibility index (Phi) is 5.63. The van der Waals surface area contributed by atoms with Gasteiger partial charge in [0.1, 0.15) is 23.8 Å². The van der Waals surface area contributed by atoms with Gasteiger partial charge in [-0.25, -0.2) is 9.78 Å². The van der Waals surface area contributed by atoms with Crippen molar-refractivity contribution in [3.05, 3.63) is 42.5 Å². The van der Waals surface area contributed by atoms with Crippen molar-refractivity contribution in [3.63, 3.8) is 0 Å². The number of nitrogens with zero attached hydrogens (tertiary/aromatic N) is 3. The SMILES string of the molecule is COc1ccncc1NC(=O)NSc1cccc2nc(C)n(CC(F)(F)F)c12. The summed E-state index contributed by atoms with van der Waals surface area (Å²) in [5.74, 6) is 0.668. The molecule has 0 bridgehead atoms. The van der Waals surface area contributed by atoms with Crippen LogP contribution in [0.15, 0.2) is 41.6 Å². The van der Waals surface area contributed by atoms with E-state index in [2.05, 4.69) is 20.0 Å². The smallest absolute Gasteiger partial charge is 0.406 e. The Bertz CT molecular complexity index is 1010. The van der Waals surface area contributed by atoms with Crippen LogP contribution in [0.25, 0.3) is 11.0 Å². The molecule has 11 heteroatoms. The number of methoxy groups -OCH3 is 1. The molecule has 0 aliphatic carbocycles. The predicted octanol–water partition coefficient (Wildman–Crippen LogP) is 4.14. The summed E-state index contributed by atoms with van der Waals surface area (Å²) in [7, 11) is 1.46. The molecule has 2 amide bonds. The lowest BCUT2D eigenvalue weighted by atomic mass is 10.3. The molecule has 2 aromatic heterocycles. The lowest BCUT2D eigenvalue weighted by Crippen LogP contribution is -2.23. The molecule has 2 N–H and O–H groups in total. The monoisotopic (exact) mass is 411 g/mol. The van der Waals surface area contributed by atoms with Gasteiger partial charge in [0.05, 0.1) is 29.2 Å². The predicted molar refractivity (Wildman–Crippen MR) is 99.3 cm³/mol. The van der Waals surface area contributed by atoms with Crippen LogP contribution in [-0.4, -0.2) is 33.9 Å². The minimum absolute atomic E-state index is 0.241. The zero-order chi connectivity index (χ0) is 20.3. The molecule has 148 valence electrons. The molecule has 3 aromatic rings. The Balaban J connectivity index is 1.80. The summed E-state index contributed by atoms with van der Waals surface area (Å²) in [5.41, 5.74) is 1.09. The number of carbonyl (C=O) groups excluding carboxylic acids is 1. The number of amides is 2. The Hall–Kier alpha value is -2.95. The molecule has 0 saturated carbocycles. The van der Waals surface area contributed by atoms with E-state index in [9.17, 15) is 18.0 Å². The number of urea groups is 1. The number of pyridine rings is 1. The van der Waals surface area contributed by atoms with E-state index in [0.717, 1.165) is 16.5 Å². The van der Waals surface area contributed by atoms with E-state index < -0.39 is 18.8 Å². The largest absolute Gasteiger partial charge is 0.494 e. The first-order valence-corrected chi connectivity index (χ1v) is 8.84. The van der Waals surface area contributed by atoms with Crippen LogP contribution in [0, 0.1) is 6.92 Å². The zero-order valence-electron chi connectivity index (χ0n) is 14.9. The van der Waals surface area contributed by atoms with Gasteiger partial charge in [-0.3, -0.25) is 9.71 Å². The van der Waals surface area contributed by atoms with Gasteiger partial charge in [-0.1, -0.05) is 6.07 Å². The van der Waals surface area contributed by atoms with Crippen molar-refractivity contribution < 1.29 is 22.7 Å². The standard InChI is InChI=1S/C17H16F3N5O2S/c1-10-22-11-4-3-5-14(15(11)25(10)9-17(18,19)20)28-24-16(26)23-12-8-21-7-6-13(12)27-2/h3-8H,9H2,1-2H3,(H2,23,24,26). The summed E-state index contributed by atoms with van der Waals surface area (Å²) in [6, 6.07) is 5.92. The third-order valence-electron chi connectivity index (χ3n) is 3.76. The number of nitrogens with one attached hydrogen (secondary N) is 2. The van der Waals surface area contributed by atoms with Gasteiger partial charge < -0.3 is 14.6 Å². The van der Waals surface area contributed by atoms with Gasteiger partial charge >= 0.3 is 12.2 Å². The maximum atomic E-state index is 12.9. The van der Waals surface area contributed by atoms with E-state index in [4.69, 9.17) is 4.74 Å². The summed E-state index contributed by atoms with van der Waals surface area (Å²) < 4.78 is 47.6. The summed E-state index contributed by atoms with van der Waals surface area (Å²) in [5, 5.41) is 2.58. The maximum absolute atomic E-state index is 12.9. The molecule has 0 aliphatic rings. The molecule has 0 saturated heterocycles. The fraction of sp³-hybridized carbons (Fsp3) is 0.235. The van der Waals surface area contributed by atoms with Crippen LogP contribution in [-0.2, 0) is 6.54 Å². The molecule has 1 aromatic carbocycles. The average molecular weight is 411 g/mol. The number of benzene rings is 1. The molecule has 0 unspecified atom stereocenters. The van der Waals surface area contributed by atoms with Crippen LogP contribution in [0.5, 0.6) is 5.75 Å². The lowest BCUT2D eigenvalue weighted by molar-refractivity contribution is -0.140. The van der Waals surface area contributed by atoms with Crippen molar-refractivity contribution in [2.75, 3.05) is 12.4 Å². The number of alkyl halides is 3. The summed E-state index contributed by atoms with van der Waals surface area (Å²) in [6.45, 7) is 0.348. The van der Waals surface area contributed by atoms with Gasteiger partial charge in [0.25, 0.3) is 0 Å². The number of para-hydroxylation sites is 1. The van der Waals surface area contributed by atoms with Crippen molar-refractivity contribution in [2.45, 2.75) is 24.5 Å². The van der Waals surface area contributed by atoms with Gasteiger partial charge in [-0.15, -0.1) is 0 Å². The number of aromatic nitrogens is 3. The van der Waals surface area contributed by atoms with Gasteiger partial charge in [0.2, 0.25) is 0 Å². The molecular weight excluding hydrogens is 395 g/mol. The highest BCUT2D eigenvalue weighted by molar-refractivity contribution is 7.98. The van der Waals surface area contributed by atoms with E-state index in [0.29, 0.717) is 27.4 Å². The fourth-order valence-corrected chi connectivity index (χ4v) is 3.34. The number of hydrogen-bond acceptors (Lipinski definition) is 5. The maximum Gasteiger partial charge on any atom is 0.406 e. The van der Waals surface area contributed by atoms with Gasteiger partial charge in [0, 0.05) is 12.3 Å². The average Bonchev–Trinajstić information content (AvgIpc) is 2.95. The zero-order valence-corrected chi connectivity index (χ0v) is 15.7. The topological polar surface area (TPSA) is 81.1 Å². The number of hydrogen-bond donors (Lipinski definition) is 2. The second-order valence-electron chi connectivity index (χ2n) is 5.72. The molecule has 0 aliphatic heterocycles. The van der Waals surface area contributed by atoms with E-state index in [1.165, 1.54) is 26.4 Å². The third-order valence-corrected chi connectivity index (χ3v) is 4.60. The molecule has 7 nitrogen and oxygen atoms in total. The third kappa shape index (κ3) is 4.47. The second kappa shape index (κ2) is 7.97. The Morgan fingerprint density at radius 2 is 2.11 bits per heavy atom. The van der Waals surface area contributed by atoms with E-state index in [-0.39, 0.29) is 5.82 Å². The van der Waals surface area contributed by atoms with Crippen molar-refractivity contribution in [2.24, 2.45) is 0 Å². The quantitative estimate of drug-likeness (QED) is 0.617. The van der Waals surface area contributed by atoms with E-state index >= 15 is 0 Å². The molecule has 0 spiro atoms. The molecule has 0 fully saturated rings. The number of halogens is 3. The number of aryl methyl sites for hydroxylation is 1. The second-order valence-corrected chi connectivity index (χ2v) is 6.57. The number of rotatable bonds is 5. The van der Waals surface area contributed by atoms with Crippen LogP contribution in [0.3, 0.4) is 0 Å². The highest BCUT2D eigenvalue weighted by Gasteiger charge is 2.30. The first-order valence-electron chi connectivity index (χ1n) is 8.03. The highest BCUT2D eigenvalue weighted by Crippen LogP contribution is 2.30. The number of imidazole rings is 1. The summed E-state index contributed by atoms with van der Waals surface area (Å²) in [4.78, 5) is 20.7. The van der Waals surface area contributed by atoms with Crippen LogP contribution in [0.2, 0.25) is 0 Å². The van der Waals surface area contributed by atoms with Crippen molar-refractivity contribution in [1.82, 2.24) is 19.3 Å². The summed E-state index contributed by atoms with van der Waals surface area (Å²) >= 11 is 0.893. The molecule has 0 radical (unpaired) electrons. The van der Waals surface area contributed by atoms with Gasteiger partial charge in [-0.05, 0) is 31.0 Å². The number of anilines is 1. The van der Waals surface area contributed by atoms with Crippen LogP contribution in [0.1, 0.15) is 5.82 Å². The lowest BCUT2D eigenvalue weighted by Gasteiger charge is -2.13. The Labute approximate surface area is 162 Å². The first-order chi connectivity index (χ1) is 13.3. The number of carbonyl (C=O) groups is 1. The highest BCUT2D eigenvalue weighted by atomic mass is 32.2. The number of ether oxygens (including phenoxy) is 1. The van der Waals surface area contributed by atoms with E-state index in [1.54, 1.807) is 24.3 Å². The van der Waals surface area contributed by atoms with Crippen molar-refractivity contribution in [3.8, 4) is 5.75 Å². The van der Waals surface area contributed by atoms with Crippen molar-refractivity contribution >= 4 is 34.7 Å². The van der Waals surface area contributed by atoms with Crippen molar-refractivity contribution in [1.29, 1.82) is 0 Å². The minimum Gasteiger partial charge on any atom is -0.494 e. The Morgan fingerprint density at radius 3 is 2.82 bits per heavy atom. The Morgan fingerprint density at radius 1 is 1.32 bits per heavy atom. The first kappa shape index (κ1) is 19.8. The normalized spacial score (nSPS) is 11.5. The van der Waals surface area contributed by atoms with Crippen LogP contribution < -0.4 is 14.8 Å². The van der Waals surface area contributed by atoms with Crippen LogP contribution >= 0.6 is 11.9 Å². The van der Waals surface area contributed by atoms with Gasteiger partial charge in [-0.2, -0.15) is 13.2 Å². The fourth-order valence-electron chi connectivity index (χ4n) is 2.63. The molecule has 28 heavy (non-hydrogen) atoms. The molecule has 2 heterocycles. The van der Waals surface area contributed by atoms with Gasteiger partial charge in [0.15, 0.2) is 0 Å².